The number of hydrogen-bond donors (Lipinski definition) is 0. The first-order chi connectivity index (χ1) is 5.15. The monoisotopic (exact) mass is 155 g/mol. The van der Waals surface area contributed by atoms with Gasteiger partial charge in [0.1, 0.15) is 5.82 Å². The van der Waals surface area contributed by atoms with Crippen molar-refractivity contribution in [3.05, 3.63) is 34.0 Å². The molecule has 0 spiro atoms. The molecule has 0 atom stereocenters. The van der Waals surface area contributed by atoms with E-state index >= 15 is 0 Å². The van der Waals surface area contributed by atoms with Crippen LogP contribution >= 0.6 is 0 Å². The molecule has 0 aliphatic rings. The Morgan fingerprint density at radius 3 is 2.82 bits per heavy atom. The van der Waals surface area contributed by atoms with E-state index < -0.39 is 0 Å². The fourth-order valence-corrected chi connectivity index (χ4v) is 0.975. The first-order valence-corrected chi connectivity index (χ1v) is 3.51. The summed E-state index contributed by atoms with van der Waals surface area (Å²) >= 11 is 0. The average Bonchev–Trinajstić information content (AvgIpc) is 1.96. The van der Waals surface area contributed by atoms with Gasteiger partial charge in [-0.25, -0.2) is 4.39 Å². The van der Waals surface area contributed by atoms with Gasteiger partial charge in [-0.15, -0.1) is 0 Å². The van der Waals surface area contributed by atoms with Crippen molar-refractivity contribution < 1.29 is 4.39 Å². The number of nitrogens with zero attached hydrogens (tertiary/aromatic N) is 1. The van der Waals surface area contributed by atoms with Crippen LogP contribution in [0, 0.1) is 12.7 Å². The van der Waals surface area contributed by atoms with Crippen LogP contribution in [-0.4, -0.2) is 4.57 Å². The van der Waals surface area contributed by atoms with Crippen molar-refractivity contribution in [3.63, 3.8) is 0 Å². The average molecular weight is 155 g/mol. The highest BCUT2D eigenvalue weighted by Crippen LogP contribution is 1.96. The van der Waals surface area contributed by atoms with Gasteiger partial charge in [-0.2, -0.15) is 0 Å². The molecule has 2 nitrogen and oxygen atoms in total. The topological polar surface area (TPSA) is 22.0 Å². The second-order valence-electron chi connectivity index (χ2n) is 2.43. The number of rotatable bonds is 1. The Balaban J connectivity index is 3.37. The van der Waals surface area contributed by atoms with E-state index in [4.69, 9.17) is 0 Å². The fourth-order valence-electron chi connectivity index (χ4n) is 0.975. The third-order valence-electron chi connectivity index (χ3n) is 1.57. The van der Waals surface area contributed by atoms with E-state index in [1.54, 1.807) is 13.8 Å². The molecule has 0 unspecified atom stereocenters. The van der Waals surface area contributed by atoms with Gasteiger partial charge in [0.25, 0.3) is 5.56 Å². The molecule has 60 valence electrons. The predicted molar refractivity (Wildman–Crippen MR) is 41.1 cm³/mol. The molecule has 0 radical (unpaired) electrons. The Hall–Kier alpha value is -1.12. The lowest BCUT2D eigenvalue weighted by Crippen LogP contribution is -2.21. The maximum atomic E-state index is 12.6. The third-order valence-corrected chi connectivity index (χ3v) is 1.57. The van der Waals surface area contributed by atoms with Crippen LogP contribution in [0.4, 0.5) is 4.39 Å². The van der Waals surface area contributed by atoms with Gasteiger partial charge in [-0.05, 0) is 19.9 Å². The zero-order valence-electron chi connectivity index (χ0n) is 6.60. The molecular weight excluding hydrogens is 145 g/mol. The van der Waals surface area contributed by atoms with E-state index in [1.165, 1.54) is 16.8 Å². The molecular formula is C8H10FNO. The Kier molecular flexibility index (Phi) is 2.08. The van der Waals surface area contributed by atoms with Gasteiger partial charge in [-0.1, -0.05) is 0 Å². The van der Waals surface area contributed by atoms with Crippen LogP contribution in [0.1, 0.15) is 12.5 Å². The number of aryl methyl sites for hydroxylation is 2. The van der Waals surface area contributed by atoms with Gasteiger partial charge >= 0.3 is 0 Å². The highest BCUT2D eigenvalue weighted by Gasteiger charge is 1.99. The second kappa shape index (κ2) is 2.86. The van der Waals surface area contributed by atoms with Crippen molar-refractivity contribution in [3.8, 4) is 0 Å². The standard InChI is InChI=1S/C8H10FNO/c1-3-10-5-7(9)4-6(2)8(10)11/h4-5H,3H2,1-2H3. The first-order valence-electron chi connectivity index (χ1n) is 3.51. The summed E-state index contributed by atoms with van der Waals surface area (Å²) in [7, 11) is 0. The van der Waals surface area contributed by atoms with Crippen molar-refractivity contribution in [1.29, 1.82) is 0 Å². The molecule has 1 aromatic heterocycles. The summed E-state index contributed by atoms with van der Waals surface area (Å²) in [5, 5.41) is 0. The number of pyridine rings is 1. The van der Waals surface area contributed by atoms with E-state index in [2.05, 4.69) is 0 Å². The largest absolute Gasteiger partial charge is 0.313 e. The SMILES string of the molecule is CCn1cc(F)cc(C)c1=O. The quantitative estimate of drug-likeness (QED) is 0.599. The molecule has 0 bridgehead atoms. The summed E-state index contributed by atoms with van der Waals surface area (Å²) in [5.74, 6) is -0.357. The molecule has 0 saturated heterocycles. The van der Waals surface area contributed by atoms with Crippen LogP contribution in [0.5, 0.6) is 0 Å². The van der Waals surface area contributed by atoms with E-state index in [1.807, 2.05) is 0 Å². The van der Waals surface area contributed by atoms with Gasteiger partial charge < -0.3 is 4.57 Å². The Labute approximate surface area is 64.3 Å². The van der Waals surface area contributed by atoms with Gasteiger partial charge in [0, 0.05) is 18.3 Å². The normalized spacial score (nSPS) is 10.1. The van der Waals surface area contributed by atoms with Crippen LogP contribution < -0.4 is 5.56 Å². The smallest absolute Gasteiger partial charge is 0.253 e. The lowest BCUT2D eigenvalue weighted by molar-refractivity contribution is 0.587. The van der Waals surface area contributed by atoms with Gasteiger partial charge in [0.2, 0.25) is 0 Å². The highest BCUT2D eigenvalue weighted by molar-refractivity contribution is 5.09. The lowest BCUT2D eigenvalue weighted by Gasteiger charge is -2.01. The summed E-state index contributed by atoms with van der Waals surface area (Å²) in [6.07, 6.45) is 1.22. The summed E-state index contributed by atoms with van der Waals surface area (Å²) in [6, 6.07) is 1.24. The minimum atomic E-state index is -0.357. The molecule has 3 heteroatoms. The molecule has 0 fully saturated rings. The minimum Gasteiger partial charge on any atom is -0.313 e. The van der Waals surface area contributed by atoms with Crippen LogP contribution in [0.15, 0.2) is 17.1 Å². The molecule has 0 N–H and O–H groups in total. The third kappa shape index (κ3) is 1.48. The van der Waals surface area contributed by atoms with E-state index in [0.29, 0.717) is 12.1 Å². The van der Waals surface area contributed by atoms with Crippen molar-refractivity contribution in [2.24, 2.45) is 0 Å². The number of halogens is 1. The van der Waals surface area contributed by atoms with Crippen LogP contribution in [-0.2, 0) is 6.54 Å². The molecule has 0 aliphatic heterocycles. The Morgan fingerprint density at radius 2 is 2.27 bits per heavy atom. The highest BCUT2D eigenvalue weighted by atomic mass is 19.1. The molecule has 1 heterocycles. The van der Waals surface area contributed by atoms with Gasteiger partial charge in [-0.3, -0.25) is 4.79 Å². The summed E-state index contributed by atoms with van der Waals surface area (Å²) < 4.78 is 14.0. The van der Waals surface area contributed by atoms with Crippen LogP contribution in [0.2, 0.25) is 0 Å². The molecule has 1 rings (SSSR count). The van der Waals surface area contributed by atoms with Crippen LogP contribution in [0.3, 0.4) is 0 Å². The van der Waals surface area contributed by atoms with E-state index in [0.717, 1.165) is 0 Å². The molecule has 11 heavy (non-hydrogen) atoms. The Morgan fingerprint density at radius 1 is 1.64 bits per heavy atom. The Bertz CT molecular complexity index is 316. The minimum absolute atomic E-state index is 0.117. The predicted octanol–water partition coefficient (Wildman–Crippen LogP) is 1.32. The molecule has 0 saturated carbocycles. The maximum Gasteiger partial charge on any atom is 0.253 e. The molecule has 1 aromatic rings. The summed E-state index contributed by atoms with van der Waals surface area (Å²) in [4.78, 5) is 11.1. The fraction of sp³-hybridized carbons (Fsp3) is 0.375. The van der Waals surface area contributed by atoms with Crippen LogP contribution in [0.25, 0.3) is 0 Å². The van der Waals surface area contributed by atoms with Gasteiger partial charge in [0.05, 0.1) is 0 Å². The maximum absolute atomic E-state index is 12.6. The van der Waals surface area contributed by atoms with E-state index in [9.17, 15) is 9.18 Å². The van der Waals surface area contributed by atoms with E-state index in [-0.39, 0.29) is 11.4 Å². The van der Waals surface area contributed by atoms with Crippen molar-refractivity contribution in [2.75, 3.05) is 0 Å². The number of aromatic nitrogens is 1. The summed E-state index contributed by atoms with van der Waals surface area (Å²) in [6.45, 7) is 3.93. The molecule has 0 aliphatic carbocycles. The zero-order valence-corrected chi connectivity index (χ0v) is 6.60. The molecule has 0 amide bonds. The van der Waals surface area contributed by atoms with Crippen molar-refractivity contribution in [2.45, 2.75) is 20.4 Å². The number of hydrogen-bond acceptors (Lipinski definition) is 1. The first kappa shape index (κ1) is 7.98. The van der Waals surface area contributed by atoms with Crippen molar-refractivity contribution >= 4 is 0 Å². The second-order valence-corrected chi connectivity index (χ2v) is 2.43. The van der Waals surface area contributed by atoms with Gasteiger partial charge in [0.15, 0.2) is 0 Å². The molecule has 0 aromatic carbocycles. The summed E-state index contributed by atoms with van der Waals surface area (Å²) in [5.41, 5.74) is 0.334. The zero-order chi connectivity index (χ0) is 8.43. The lowest BCUT2D eigenvalue weighted by atomic mass is 10.3. The van der Waals surface area contributed by atoms with Crippen molar-refractivity contribution in [1.82, 2.24) is 4.57 Å².